The number of thiophene rings is 1. The van der Waals surface area contributed by atoms with Crippen molar-refractivity contribution < 1.29 is 9.18 Å². The van der Waals surface area contributed by atoms with Gasteiger partial charge in [-0.2, -0.15) is 0 Å². The van der Waals surface area contributed by atoms with E-state index in [0.29, 0.717) is 15.4 Å². The van der Waals surface area contributed by atoms with Crippen LogP contribution < -0.4 is 5.56 Å². The first-order valence-electron chi connectivity index (χ1n) is 7.80. The van der Waals surface area contributed by atoms with E-state index < -0.39 is 0 Å². The summed E-state index contributed by atoms with van der Waals surface area (Å²) in [4.78, 5) is 34.0. The van der Waals surface area contributed by atoms with Crippen molar-refractivity contribution in [2.45, 2.75) is 11.6 Å². The molecule has 1 saturated heterocycles. The lowest BCUT2D eigenvalue weighted by Crippen LogP contribution is -2.43. The molecule has 0 spiro atoms. The molecule has 1 aromatic carbocycles. The second kappa shape index (κ2) is 6.61. The molecule has 0 saturated carbocycles. The van der Waals surface area contributed by atoms with Crippen molar-refractivity contribution in [3.63, 3.8) is 0 Å². The summed E-state index contributed by atoms with van der Waals surface area (Å²) < 4.78 is 13.1. The Hall–Kier alpha value is -2.19. The molecule has 3 heterocycles. The van der Waals surface area contributed by atoms with Gasteiger partial charge in [0.25, 0.3) is 5.56 Å². The molecule has 3 aromatic rings. The number of thioether (sulfide) groups is 1. The van der Waals surface area contributed by atoms with Gasteiger partial charge in [-0.3, -0.25) is 9.59 Å². The van der Waals surface area contributed by atoms with Crippen LogP contribution in [0, 0.1) is 5.82 Å². The number of nitrogens with one attached hydrogen (secondary N) is 1. The number of hydrogen-bond donors (Lipinski definition) is 1. The number of rotatable bonds is 4. The quantitative estimate of drug-likeness (QED) is 0.562. The number of carbonyl (C=O) groups excluding carboxylic acids is 1. The summed E-state index contributed by atoms with van der Waals surface area (Å²) in [6, 6.07) is 6.02. The van der Waals surface area contributed by atoms with Crippen molar-refractivity contribution in [1.29, 1.82) is 0 Å². The lowest BCUT2D eigenvalue weighted by atomic mass is 10.1. The van der Waals surface area contributed by atoms with Crippen molar-refractivity contribution in [3.05, 3.63) is 45.8 Å². The van der Waals surface area contributed by atoms with E-state index >= 15 is 0 Å². The van der Waals surface area contributed by atoms with Crippen molar-refractivity contribution in [2.24, 2.45) is 0 Å². The first-order chi connectivity index (χ1) is 12.1. The van der Waals surface area contributed by atoms with Gasteiger partial charge in [-0.1, -0.05) is 23.9 Å². The number of halogens is 1. The van der Waals surface area contributed by atoms with Crippen LogP contribution in [0.4, 0.5) is 4.39 Å². The van der Waals surface area contributed by atoms with Crippen LogP contribution in [-0.2, 0) is 4.79 Å². The number of hydrogen-bond acceptors (Lipinski definition) is 5. The van der Waals surface area contributed by atoms with E-state index in [1.165, 1.54) is 35.2 Å². The maximum atomic E-state index is 13.1. The van der Waals surface area contributed by atoms with Gasteiger partial charge in [-0.05, 0) is 24.1 Å². The van der Waals surface area contributed by atoms with Crippen molar-refractivity contribution in [3.8, 4) is 11.1 Å². The third-order valence-corrected chi connectivity index (χ3v) is 5.85. The predicted molar refractivity (Wildman–Crippen MR) is 97.6 cm³/mol. The molecule has 25 heavy (non-hydrogen) atoms. The first-order valence-corrected chi connectivity index (χ1v) is 9.66. The van der Waals surface area contributed by atoms with E-state index in [0.717, 1.165) is 30.6 Å². The third kappa shape index (κ3) is 3.19. The van der Waals surface area contributed by atoms with Gasteiger partial charge >= 0.3 is 0 Å². The highest BCUT2D eigenvalue weighted by Gasteiger charge is 2.20. The molecule has 0 atom stereocenters. The topological polar surface area (TPSA) is 66.1 Å². The minimum absolute atomic E-state index is 0.0668. The van der Waals surface area contributed by atoms with E-state index in [9.17, 15) is 14.0 Å². The third-order valence-electron chi connectivity index (χ3n) is 4.12. The van der Waals surface area contributed by atoms with Gasteiger partial charge < -0.3 is 9.88 Å². The Kier molecular flexibility index (Phi) is 4.30. The Morgan fingerprint density at radius 3 is 2.76 bits per heavy atom. The number of aromatic nitrogens is 2. The molecule has 5 nitrogen and oxygen atoms in total. The number of likely N-dealkylation sites (tertiary alicyclic amines) is 1. The first kappa shape index (κ1) is 16.3. The SMILES string of the molecule is O=C(CSc1nc2scc(-c3ccc(F)cc3)c2c(=O)[nH]1)N1CCC1. The van der Waals surface area contributed by atoms with Gasteiger partial charge in [0.15, 0.2) is 5.16 Å². The molecule has 8 heteroatoms. The number of benzene rings is 1. The molecule has 128 valence electrons. The van der Waals surface area contributed by atoms with Crippen LogP contribution in [0.3, 0.4) is 0 Å². The van der Waals surface area contributed by atoms with Gasteiger partial charge in [0, 0.05) is 24.0 Å². The summed E-state index contributed by atoms with van der Waals surface area (Å²) in [5, 5.41) is 2.79. The zero-order valence-corrected chi connectivity index (χ0v) is 14.8. The molecule has 0 aliphatic carbocycles. The fourth-order valence-corrected chi connectivity index (χ4v) is 4.40. The molecule has 1 aliphatic heterocycles. The van der Waals surface area contributed by atoms with Crippen LogP contribution in [0.1, 0.15) is 6.42 Å². The number of aromatic amines is 1. The number of carbonyl (C=O) groups is 1. The Balaban J connectivity index is 1.61. The van der Waals surface area contributed by atoms with Crippen LogP contribution in [-0.4, -0.2) is 39.6 Å². The Labute approximate surface area is 150 Å². The van der Waals surface area contributed by atoms with E-state index in [2.05, 4.69) is 9.97 Å². The summed E-state index contributed by atoms with van der Waals surface area (Å²) >= 11 is 2.61. The van der Waals surface area contributed by atoms with Gasteiger partial charge in [0.1, 0.15) is 10.6 Å². The molecule has 1 N–H and O–H groups in total. The zero-order chi connectivity index (χ0) is 17.4. The summed E-state index contributed by atoms with van der Waals surface area (Å²) in [5.41, 5.74) is 1.26. The van der Waals surface area contributed by atoms with Gasteiger partial charge in [0.2, 0.25) is 5.91 Å². The molecule has 0 bridgehead atoms. The minimum Gasteiger partial charge on any atom is -0.342 e. The second-order valence-electron chi connectivity index (χ2n) is 5.73. The van der Waals surface area contributed by atoms with Gasteiger partial charge in [-0.15, -0.1) is 11.3 Å². The molecule has 1 aliphatic rings. The number of fused-ring (bicyclic) bond motifs is 1. The molecule has 2 aromatic heterocycles. The van der Waals surface area contributed by atoms with Gasteiger partial charge in [-0.25, -0.2) is 9.37 Å². The van der Waals surface area contributed by atoms with E-state index in [4.69, 9.17) is 0 Å². The summed E-state index contributed by atoms with van der Waals surface area (Å²) in [7, 11) is 0. The lowest BCUT2D eigenvalue weighted by molar-refractivity contribution is -0.131. The van der Waals surface area contributed by atoms with Crippen LogP contribution >= 0.6 is 23.1 Å². The predicted octanol–water partition coefficient (Wildman–Crippen LogP) is 3.12. The highest BCUT2D eigenvalue weighted by atomic mass is 32.2. The largest absolute Gasteiger partial charge is 0.342 e. The van der Waals surface area contributed by atoms with Crippen molar-refractivity contribution >= 4 is 39.2 Å². The molecule has 0 radical (unpaired) electrons. The van der Waals surface area contributed by atoms with Crippen LogP contribution in [0.2, 0.25) is 0 Å². The fourth-order valence-electron chi connectivity index (χ4n) is 2.63. The Morgan fingerprint density at radius 2 is 2.08 bits per heavy atom. The van der Waals surface area contributed by atoms with Crippen LogP contribution in [0.15, 0.2) is 39.6 Å². The maximum Gasteiger partial charge on any atom is 0.260 e. The summed E-state index contributed by atoms with van der Waals surface area (Å²) in [6.07, 6.45) is 1.05. The normalized spacial score (nSPS) is 13.9. The van der Waals surface area contributed by atoms with Gasteiger partial charge in [0.05, 0.1) is 11.1 Å². The average Bonchev–Trinajstić information content (AvgIpc) is 2.96. The second-order valence-corrected chi connectivity index (χ2v) is 7.55. The molecular weight excluding hydrogens is 361 g/mol. The monoisotopic (exact) mass is 375 g/mol. The number of H-pyrrole nitrogens is 1. The summed E-state index contributed by atoms with van der Waals surface area (Å²) in [5.74, 6) is 0.0167. The minimum atomic E-state index is -0.319. The number of amides is 1. The van der Waals surface area contributed by atoms with E-state index in [-0.39, 0.29) is 23.0 Å². The molecule has 1 amide bonds. The standard InChI is InChI=1S/C17H14FN3O2S2/c18-11-4-2-10(3-5-11)12-8-24-16-14(12)15(23)19-17(20-16)25-9-13(22)21-6-1-7-21/h2-5,8H,1,6-7,9H2,(H,19,20,23). The molecule has 0 unspecified atom stereocenters. The molecule has 4 rings (SSSR count). The molecular formula is C17H14FN3O2S2. The van der Waals surface area contributed by atoms with E-state index in [1.807, 2.05) is 5.38 Å². The van der Waals surface area contributed by atoms with Crippen LogP contribution in [0.5, 0.6) is 0 Å². The summed E-state index contributed by atoms with van der Waals surface area (Å²) in [6.45, 7) is 1.63. The van der Waals surface area contributed by atoms with E-state index in [1.54, 1.807) is 17.0 Å². The maximum absolute atomic E-state index is 13.1. The highest BCUT2D eigenvalue weighted by Crippen LogP contribution is 2.31. The average molecular weight is 375 g/mol. The lowest BCUT2D eigenvalue weighted by Gasteiger charge is -2.30. The Bertz CT molecular complexity index is 993. The Morgan fingerprint density at radius 1 is 1.32 bits per heavy atom. The number of nitrogens with zero attached hydrogens (tertiary/aromatic N) is 2. The zero-order valence-electron chi connectivity index (χ0n) is 13.1. The van der Waals surface area contributed by atoms with Crippen molar-refractivity contribution in [1.82, 2.24) is 14.9 Å². The highest BCUT2D eigenvalue weighted by molar-refractivity contribution is 7.99. The smallest absolute Gasteiger partial charge is 0.260 e. The van der Waals surface area contributed by atoms with Crippen LogP contribution in [0.25, 0.3) is 21.3 Å². The fraction of sp³-hybridized carbons (Fsp3) is 0.235. The van der Waals surface area contributed by atoms with Crippen molar-refractivity contribution in [2.75, 3.05) is 18.8 Å². The molecule has 1 fully saturated rings.